The van der Waals surface area contributed by atoms with Gasteiger partial charge in [0.2, 0.25) is 0 Å². The molecule has 0 fully saturated rings. The summed E-state index contributed by atoms with van der Waals surface area (Å²) in [5.74, 6) is -0.958. The van der Waals surface area contributed by atoms with Crippen molar-refractivity contribution in [3.05, 3.63) is 65.2 Å². The van der Waals surface area contributed by atoms with Crippen molar-refractivity contribution in [2.45, 2.75) is 30.9 Å². The maximum atomic E-state index is 12.1. The lowest BCUT2D eigenvalue weighted by molar-refractivity contribution is 0.0846. The Bertz CT molecular complexity index is 888. The van der Waals surface area contributed by atoms with Crippen LogP contribution >= 0.6 is 0 Å². The molecule has 2 amide bonds. The van der Waals surface area contributed by atoms with Crippen LogP contribution in [0.15, 0.2) is 53.4 Å². The van der Waals surface area contributed by atoms with Gasteiger partial charge in [0.1, 0.15) is 0 Å². The third kappa shape index (κ3) is 4.24. The molecule has 0 aliphatic heterocycles. The van der Waals surface area contributed by atoms with E-state index < -0.39 is 26.9 Å². The van der Waals surface area contributed by atoms with Gasteiger partial charge in [-0.2, -0.15) is 0 Å². The molecule has 0 unspecified atom stereocenters. The summed E-state index contributed by atoms with van der Waals surface area (Å²) in [7, 11) is -3.39. The molecule has 25 heavy (non-hydrogen) atoms. The van der Waals surface area contributed by atoms with Crippen LogP contribution in [0.1, 0.15) is 40.1 Å². The van der Waals surface area contributed by atoms with Gasteiger partial charge in [-0.15, -0.1) is 0 Å². The van der Waals surface area contributed by atoms with Crippen molar-refractivity contribution in [3.63, 3.8) is 0 Å². The number of rotatable bonds is 4. The van der Waals surface area contributed by atoms with E-state index in [0.29, 0.717) is 5.56 Å². The molecule has 0 atom stereocenters. The molecular formula is C18H20N2O4S. The number of carbonyl (C=O) groups excluding carboxylic acids is 2. The highest BCUT2D eigenvalue weighted by Gasteiger charge is 2.19. The van der Waals surface area contributed by atoms with Gasteiger partial charge in [-0.05, 0) is 56.7 Å². The molecule has 0 bridgehead atoms. The summed E-state index contributed by atoms with van der Waals surface area (Å²) < 4.78 is 24.1. The van der Waals surface area contributed by atoms with Crippen LogP contribution in [-0.4, -0.2) is 25.5 Å². The van der Waals surface area contributed by atoms with E-state index in [9.17, 15) is 18.0 Å². The highest BCUT2D eigenvalue weighted by molar-refractivity contribution is 7.92. The van der Waals surface area contributed by atoms with Gasteiger partial charge in [0.15, 0.2) is 9.84 Å². The normalized spacial score (nSPS) is 11.2. The van der Waals surface area contributed by atoms with Gasteiger partial charge in [-0.1, -0.05) is 18.2 Å². The summed E-state index contributed by atoms with van der Waals surface area (Å²) >= 11 is 0. The molecule has 0 aliphatic carbocycles. The lowest BCUT2D eigenvalue weighted by Gasteiger charge is -2.10. The molecule has 7 heteroatoms. The van der Waals surface area contributed by atoms with Gasteiger partial charge in [0, 0.05) is 11.1 Å². The van der Waals surface area contributed by atoms with Crippen LogP contribution in [-0.2, 0) is 9.84 Å². The average molecular weight is 360 g/mol. The summed E-state index contributed by atoms with van der Waals surface area (Å²) in [4.78, 5) is 24.3. The van der Waals surface area contributed by atoms with E-state index >= 15 is 0 Å². The largest absolute Gasteiger partial charge is 0.269 e. The fourth-order valence-electron chi connectivity index (χ4n) is 2.15. The van der Waals surface area contributed by atoms with Gasteiger partial charge < -0.3 is 0 Å². The van der Waals surface area contributed by atoms with Crippen LogP contribution in [0.4, 0.5) is 0 Å². The molecule has 0 heterocycles. The fourth-order valence-corrected chi connectivity index (χ4v) is 3.21. The molecule has 2 aromatic rings. The Morgan fingerprint density at radius 2 is 1.44 bits per heavy atom. The van der Waals surface area contributed by atoms with Crippen LogP contribution in [0.25, 0.3) is 0 Å². The summed E-state index contributed by atoms with van der Waals surface area (Å²) in [5, 5.41) is -0.541. The van der Waals surface area contributed by atoms with Crippen LogP contribution in [0.2, 0.25) is 0 Å². The maximum absolute atomic E-state index is 12.1. The molecule has 0 saturated heterocycles. The van der Waals surface area contributed by atoms with E-state index in [1.54, 1.807) is 39.0 Å². The molecule has 2 N–H and O–H groups in total. The summed E-state index contributed by atoms with van der Waals surface area (Å²) in [6, 6.07) is 12.6. The highest BCUT2D eigenvalue weighted by atomic mass is 32.2. The number of sulfone groups is 1. The number of nitrogens with one attached hydrogen (secondary N) is 2. The van der Waals surface area contributed by atoms with E-state index in [2.05, 4.69) is 10.9 Å². The molecule has 0 radical (unpaired) electrons. The quantitative estimate of drug-likeness (QED) is 0.818. The number of hydrazine groups is 1. The minimum atomic E-state index is -3.39. The van der Waals surface area contributed by atoms with Crippen molar-refractivity contribution in [1.29, 1.82) is 0 Å². The first kappa shape index (κ1) is 18.7. The van der Waals surface area contributed by atoms with Gasteiger partial charge in [-0.25, -0.2) is 8.42 Å². The second-order valence-electron chi connectivity index (χ2n) is 5.84. The van der Waals surface area contributed by atoms with E-state index in [0.717, 1.165) is 5.56 Å². The smallest absolute Gasteiger partial charge is 0.267 e. The second-order valence-corrected chi connectivity index (χ2v) is 8.35. The Morgan fingerprint density at radius 1 is 0.880 bits per heavy atom. The van der Waals surface area contributed by atoms with E-state index in [1.807, 2.05) is 6.07 Å². The first-order valence-corrected chi connectivity index (χ1v) is 9.28. The Balaban J connectivity index is 2.05. The van der Waals surface area contributed by atoms with Crippen molar-refractivity contribution in [2.24, 2.45) is 0 Å². The van der Waals surface area contributed by atoms with E-state index in [-0.39, 0.29) is 10.5 Å². The Hall–Kier alpha value is -2.67. The minimum absolute atomic E-state index is 0.156. The number of aryl methyl sites for hydroxylation is 1. The Kier molecular flexibility index (Phi) is 5.58. The number of hydrogen-bond acceptors (Lipinski definition) is 4. The van der Waals surface area contributed by atoms with E-state index in [4.69, 9.17) is 0 Å². The molecule has 0 aliphatic rings. The van der Waals surface area contributed by atoms with Gasteiger partial charge in [-0.3, -0.25) is 20.4 Å². The zero-order valence-electron chi connectivity index (χ0n) is 14.2. The SMILES string of the molecule is Cc1ccccc1C(=O)NNC(=O)c1ccc(S(=O)(=O)C(C)C)cc1. The van der Waals surface area contributed by atoms with Crippen LogP contribution < -0.4 is 10.9 Å². The summed E-state index contributed by atoms with van der Waals surface area (Å²) in [6.45, 7) is 4.98. The highest BCUT2D eigenvalue weighted by Crippen LogP contribution is 2.16. The number of carbonyl (C=O) groups is 2. The first-order chi connectivity index (χ1) is 11.7. The summed E-state index contributed by atoms with van der Waals surface area (Å²) in [6.07, 6.45) is 0. The molecular weight excluding hydrogens is 340 g/mol. The Labute approximate surface area is 147 Å². The number of benzene rings is 2. The second kappa shape index (κ2) is 7.48. The van der Waals surface area contributed by atoms with E-state index in [1.165, 1.54) is 24.3 Å². The topological polar surface area (TPSA) is 92.3 Å². The molecule has 0 aromatic heterocycles. The number of amides is 2. The molecule has 2 aromatic carbocycles. The molecule has 132 valence electrons. The third-order valence-corrected chi connectivity index (χ3v) is 5.92. The summed E-state index contributed by atoms with van der Waals surface area (Å²) in [5.41, 5.74) is 6.15. The van der Waals surface area contributed by atoms with Crippen molar-refractivity contribution in [2.75, 3.05) is 0 Å². The van der Waals surface area contributed by atoms with Crippen LogP contribution in [0, 0.1) is 6.92 Å². The minimum Gasteiger partial charge on any atom is -0.267 e. The van der Waals surface area contributed by atoms with Crippen molar-refractivity contribution in [3.8, 4) is 0 Å². The zero-order valence-corrected chi connectivity index (χ0v) is 15.1. The lowest BCUT2D eigenvalue weighted by atomic mass is 10.1. The standard InChI is InChI=1S/C18H20N2O4S/c1-12(2)25(23,24)15-10-8-14(9-11-15)17(21)19-20-18(22)16-7-5-4-6-13(16)3/h4-12H,1-3H3,(H,19,21)(H,20,22). The number of hydrogen-bond donors (Lipinski definition) is 2. The maximum Gasteiger partial charge on any atom is 0.269 e. The van der Waals surface area contributed by atoms with Crippen LogP contribution in [0.5, 0.6) is 0 Å². The molecule has 2 rings (SSSR count). The predicted octanol–water partition coefficient (Wildman–Crippen LogP) is 2.25. The van der Waals surface area contributed by atoms with Gasteiger partial charge in [0.05, 0.1) is 10.1 Å². The van der Waals surface area contributed by atoms with Crippen molar-refractivity contribution in [1.82, 2.24) is 10.9 Å². The van der Waals surface area contributed by atoms with Gasteiger partial charge in [0.25, 0.3) is 11.8 Å². The van der Waals surface area contributed by atoms with Gasteiger partial charge >= 0.3 is 0 Å². The monoisotopic (exact) mass is 360 g/mol. The molecule has 0 saturated carbocycles. The fraction of sp³-hybridized carbons (Fsp3) is 0.222. The molecule has 6 nitrogen and oxygen atoms in total. The Morgan fingerprint density at radius 3 is 2.00 bits per heavy atom. The molecule has 0 spiro atoms. The first-order valence-electron chi connectivity index (χ1n) is 7.73. The average Bonchev–Trinajstić information content (AvgIpc) is 2.59. The lowest BCUT2D eigenvalue weighted by Crippen LogP contribution is -2.41. The third-order valence-electron chi connectivity index (χ3n) is 3.74. The predicted molar refractivity (Wildman–Crippen MR) is 94.9 cm³/mol. The van der Waals surface area contributed by atoms with Crippen molar-refractivity contribution >= 4 is 21.7 Å². The van der Waals surface area contributed by atoms with Crippen LogP contribution in [0.3, 0.4) is 0 Å². The zero-order chi connectivity index (χ0) is 18.6. The van der Waals surface area contributed by atoms with Crippen molar-refractivity contribution < 1.29 is 18.0 Å².